The molecule has 2 rings (SSSR count). The summed E-state index contributed by atoms with van der Waals surface area (Å²) in [6.45, 7) is 0. The monoisotopic (exact) mass is 361 g/mol. The summed E-state index contributed by atoms with van der Waals surface area (Å²) in [5, 5.41) is 0.997. The fourth-order valence-corrected chi connectivity index (χ4v) is 2.47. The van der Waals surface area contributed by atoms with E-state index in [-0.39, 0.29) is 11.9 Å². The molecule has 2 aromatic rings. The van der Waals surface area contributed by atoms with Gasteiger partial charge in [0.1, 0.15) is 5.82 Å². The maximum Gasteiger partial charge on any atom is 0.124 e. The molecule has 19 heavy (non-hydrogen) atoms. The van der Waals surface area contributed by atoms with Crippen molar-refractivity contribution in [2.24, 2.45) is 5.73 Å². The number of halogens is 4. The SMILES string of the molecule is NC(Cc1ccc(F)cc1Cl)c1ccc(Br)c(Cl)c1. The molecule has 0 saturated carbocycles. The van der Waals surface area contributed by atoms with Crippen molar-refractivity contribution < 1.29 is 4.39 Å². The molecule has 0 aliphatic carbocycles. The van der Waals surface area contributed by atoms with Gasteiger partial charge in [-0.2, -0.15) is 0 Å². The van der Waals surface area contributed by atoms with Crippen molar-refractivity contribution >= 4 is 39.1 Å². The van der Waals surface area contributed by atoms with Crippen LogP contribution in [0, 0.1) is 5.82 Å². The van der Waals surface area contributed by atoms with Gasteiger partial charge < -0.3 is 5.73 Å². The standard InChI is InChI=1S/C14H11BrCl2FN/c15-11-4-2-9(5-13(11)17)14(19)6-8-1-3-10(18)7-12(8)16/h1-5,7,14H,6,19H2. The molecule has 0 fully saturated rings. The van der Waals surface area contributed by atoms with Crippen molar-refractivity contribution in [2.75, 3.05) is 0 Å². The van der Waals surface area contributed by atoms with Crippen molar-refractivity contribution in [2.45, 2.75) is 12.5 Å². The average molecular weight is 363 g/mol. The smallest absolute Gasteiger partial charge is 0.124 e. The molecular weight excluding hydrogens is 352 g/mol. The van der Waals surface area contributed by atoms with Gasteiger partial charge in [0.2, 0.25) is 0 Å². The first-order valence-corrected chi connectivity index (χ1v) is 7.16. The highest BCUT2D eigenvalue weighted by Gasteiger charge is 2.11. The van der Waals surface area contributed by atoms with Crippen LogP contribution in [0.4, 0.5) is 4.39 Å². The highest BCUT2D eigenvalue weighted by molar-refractivity contribution is 9.10. The van der Waals surface area contributed by atoms with Crippen molar-refractivity contribution in [3.05, 3.63) is 67.9 Å². The van der Waals surface area contributed by atoms with Crippen LogP contribution in [0.15, 0.2) is 40.9 Å². The van der Waals surface area contributed by atoms with Crippen LogP contribution < -0.4 is 5.73 Å². The fourth-order valence-electron chi connectivity index (χ4n) is 1.79. The zero-order chi connectivity index (χ0) is 14.0. The molecule has 0 amide bonds. The minimum atomic E-state index is -0.353. The molecule has 0 aliphatic rings. The maximum atomic E-state index is 13.0. The predicted molar refractivity (Wildman–Crippen MR) is 81.2 cm³/mol. The zero-order valence-electron chi connectivity index (χ0n) is 9.84. The lowest BCUT2D eigenvalue weighted by molar-refractivity contribution is 0.625. The van der Waals surface area contributed by atoms with Gasteiger partial charge in [-0.25, -0.2) is 4.39 Å². The Morgan fingerprint density at radius 3 is 2.47 bits per heavy atom. The third-order valence-corrected chi connectivity index (χ3v) is 4.41. The van der Waals surface area contributed by atoms with E-state index in [1.807, 2.05) is 18.2 Å². The number of hydrogen-bond donors (Lipinski definition) is 1. The second-order valence-electron chi connectivity index (χ2n) is 4.22. The highest BCUT2D eigenvalue weighted by atomic mass is 79.9. The van der Waals surface area contributed by atoms with Crippen molar-refractivity contribution in [1.82, 2.24) is 0 Å². The summed E-state index contributed by atoms with van der Waals surface area (Å²) in [6, 6.07) is 9.64. The molecule has 0 spiro atoms. The van der Waals surface area contributed by atoms with Gasteiger partial charge in [0.05, 0.1) is 5.02 Å². The second kappa shape index (κ2) is 6.23. The van der Waals surface area contributed by atoms with Crippen LogP contribution in [0.1, 0.15) is 17.2 Å². The van der Waals surface area contributed by atoms with E-state index in [0.717, 1.165) is 15.6 Å². The molecule has 1 nitrogen and oxygen atoms in total. The summed E-state index contributed by atoms with van der Waals surface area (Å²) in [4.78, 5) is 0. The van der Waals surface area contributed by atoms with E-state index >= 15 is 0 Å². The Bertz CT molecular complexity index is 604. The topological polar surface area (TPSA) is 26.0 Å². The molecule has 1 atom stereocenters. The van der Waals surface area contributed by atoms with Crippen LogP contribution in [-0.2, 0) is 6.42 Å². The van der Waals surface area contributed by atoms with E-state index < -0.39 is 0 Å². The molecule has 0 aliphatic heterocycles. The van der Waals surface area contributed by atoms with Crippen LogP contribution >= 0.6 is 39.1 Å². The van der Waals surface area contributed by atoms with Crippen LogP contribution in [-0.4, -0.2) is 0 Å². The van der Waals surface area contributed by atoms with Gasteiger partial charge in [0.25, 0.3) is 0 Å². The number of nitrogens with two attached hydrogens (primary N) is 1. The lowest BCUT2D eigenvalue weighted by atomic mass is 10.00. The van der Waals surface area contributed by atoms with E-state index in [4.69, 9.17) is 28.9 Å². The zero-order valence-corrected chi connectivity index (χ0v) is 12.9. The Balaban J connectivity index is 2.20. The molecule has 2 N–H and O–H groups in total. The average Bonchev–Trinajstić information content (AvgIpc) is 2.36. The number of benzene rings is 2. The summed E-state index contributed by atoms with van der Waals surface area (Å²) in [5.41, 5.74) is 7.85. The summed E-state index contributed by atoms with van der Waals surface area (Å²) in [6.07, 6.45) is 0.525. The Kier molecular flexibility index (Phi) is 4.85. The van der Waals surface area contributed by atoms with Crippen LogP contribution in [0.5, 0.6) is 0 Å². The Morgan fingerprint density at radius 2 is 1.84 bits per heavy atom. The molecule has 1 unspecified atom stereocenters. The summed E-state index contributed by atoms with van der Waals surface area (Å²) in [5.74, 6) is -0.353. The molecular formula is C14H11BrCl2FN. The molecule has 2 aromatic carbocycles. The Morgan fingerprint density at radius 1 is 1.11 bits per heavy atom. The lowest BCUT2D eigenvalue weighted by Crippen LogP contribution is -2.13. The van der Waals surface area contributed by atoms with E-state index in [2.05, 4.69) is 15.9 Å². The Hall–Kier alpha value is -0.610. The minimum Gasteiger partial charge on any atom is -0.324 e. The highest BCUT2D eigenvalue weighted by Crippen LogP contribution is 2.28. The van der Waals surface area contributed by atoms with Gasteiger partial charge in [0.15, 0.2) is 0 Å². The largest absolute Gasteiger partial charge is 0.324 e. The molecule has 100 valence electrons. The van der Waals surface area contributed by atoms with Crippen LogP contribution in [0.3, 0.4) is 0 Å². The summed E-state index contributed by atoms with van der Waals surface area (Å²) < 4.78 is 13.8. The first kappa shape index (κ1) is 14.8. The third-order valence-electron chi connectivity index (χ3n) is 2.83. The quantitative estimate of drug-likeness (QED) is 0.803. The van der Waals surface area contributed by atoms with E-state index in [1.54, 1.807) is 6.07 Å². The van der Waals surface area contributed by atoms with Crippen LogP contribution in [0.2, 0.25) is 10.0 Å². The van der Waals surface area contributed by atoms with Crippen molar-refractivity contribution in [3.63, 3.8) is 0 Å². The fraction of sp³-hybridized carbons (Fsp3) is 0.143. The molecule has 0 bridgehead atoms. The van der Waals surface area contributed by atoms with Gasteiger partial charge in [-0.3, -0.25) is 0 Å². The maximum absolute atomic E-state index is 13.0. The van der Waals surface area contributed by atoms with Gasteiger partial charge in [0, 0.05) is 15.5 Å². The van der Waals surface area contributed by atoms with Crippen LogP contribution in [0.25, 0.3) is 0 Å². The number of hydrogen-bond acceptors (Lipinski definition) is 1. The van der Waals surface area contributed by atoms with Gasteiger partial charge in [-0.05, 0) is 57.7 Å². The molecule has 0 saturated heterocycles. The van der Waals surface area contributed by atoms with Crippen molar-refractivity contribution in [3.8, 4) is 0 Å². The molecule has 0 heterocycles. The van der Waals surface area contributed by atoms with E-state index in [1.165, 1.54) is 12.1 Å². The van der Waals surface area contributed by atoms with Gasteiger partial charge >= 0.3 is 0 Å². The predicted octanol–water partition coefficient (Wildman–Crippen LogP) is 5.14. The Labute approximate surface area is 129 Å². The lowest BCUT2D eigenvalue weighted by Gasteiger charge is -2.14. The van der Waals surface area contributed by atoms with Gasteiger partial charge in [-0.1, -0.05) is 35.3 Å². The van der Waals surface area contributed by atoms with Gasteiger partial charge in [-0.15, -0.1) is 0 Å². The number of rotatable bonds is 3. The summed E-state index contributed by atoms with van der Waals surface area (Å²) in [7, 11) is 0. The molecule has 5 heteroatoms. The second-order valence-corrected chi connectivity index (χ2v) is 5.89. The molecule has 0 radical (unpaired) electrons. The first-order valence-electron chi connectivity index (χ1n) is 5.62. The van der Waals surface area contributed by atoms with Crippen molar-refractivity contribution in [1.29, 1.82) is 0 Å². The first-order chi connectivity index (χ1) is 8.97. The normalized spacial score (nSPS) is 12.5. The van der Waals surface area contributed by atoms with E-state index in [0.29, 0.717) is 16.5 Å². The third kappa shape index (κ3) is 3.69. The minimum absolute atomic E-state index is 0.242. The van der Waals surface area contributed by atoms with E-state index in [9.17, 15) is 4.39 Å². The summed E-state index contributed by atoms with van der Waals surface area (Å²) >= 11 is 15.4. The molecule has 0 aromatic heterocycles.